The third kappa shape index (κ3) is 5.53. The molecule has 2 aliphatic heterocycles. The highest BCUT2D eigenvalue weighted by Crippen LogP contribution is 2.37. The van der Waals surface area contributed by atoms with Gasteiger partial charge in [-0.1, -0.05) is 0 Å². The second kappa shape index (κ2) is 12.3. The molecule has 0 radical (unpaired) electrons. The van der Waals surface area contributed by atoms with Crippen LogP contribution in [0.25, 0.3) is 90.9 Å². The number of H-pyrrole nitrogens is 2. The molecule has 0 saturated heterocycles. The van der Waals surface area contributed by atoms with E-state index in [0.717, 1.165) is 89.4 Å². The van der Waals surface area contributed by atoms with Crippen molar-refractivity contribution in [1.29, 1.82) is 0 Å². The number of hydrogen-bond acceptors (Lipinski definition) is 3. The predicted molar refractivity (Wildman–Crippen MR) is 202 cm³/mol. The number of fused-ring (bicyclic) bond motifs is 8. The number of rotatable bonds is 4. The molecule has 0 spiro atoms. The summed E-state index contributed by atoms with van der Waals surface area (Å²) in [6.07, 6.45) is 24.5. The molecule has 7 aromatic heterocycles. The summed E-state index contributed by atoms with van der Waals surface area (Å²) in [5.41, 5.74) is 15.7. The number of hydrogen-bond donors (Lipinski definition) is 2. The van der Waals surface area contributed by atoms with Gasteiger partial charge in [0.25, 0.3) is 0 Å². The first-order chi connectivity index (χ1) is 25.0. The Labute approximate surface area is 295 Å². The van der Waals surface area contributed by atoms with Gasteiger partial charge in [0.05, 0.1) is 22.8 Å². The van der Waals surface area contributed by atoms with Gasteiger partial charge in [-0.3, -0.25) is 4.98 Å². The number of nitrogens with one attached hydrogen (secondary N) is 2. The van der Waals surface area contributed by atoms with Crippen LogP contribution < -0.4 is 13.7 Å². The summed E-state index contributed by atoms with van der Waals surface area (Å²) in [7, 11) is 6.09. The molecule has 0 aliphatic carbocycles. The number of aryl methyl sites for hydroxylation is 3. The highest BCUT2D eigenvalue weighted by Gasteiger charge is 2.20. The topological polar surface area (TPSA) is 81.9 Å². The molecule has 8 nitrogen and oxygen atoms in total. The zero-order valence-electron chi connectivity index (χ0n) is 28.5. The normalized spacial score (nSPS) is 12.1. The van der Waals surface area contributed by atoms with Crippen molar-refractivity contribution >= 4 is 46.4 Å². The molecule has 0 aromatic carbocycles. The molecule has 244 valence electrons. The molecule has 0 amide bonds. The van der Waals surface area contributed by atoms with Crippen molar-refractivity contribution in [1.82, 2.24) is 24.9 Å². The fourth-order valence-corrected chi connectivity index (χ4v) is 6.94. The second-order valence-corrected chi connectivity index (χ2v) is 13.0. The first kappa shape index (κ1) is 30.3. The number of nitrogens with zero attached hydrogens (tertiary/aromatic N) is 6. The lowest BCUT2D eigenvalue weighted by Gasteiger charge is -2.06. The van der Waals surface area contributed by atoms with Crippen LogP contribution in [-0.2, 0) is 21.1 Å². The van der Waals surface area contributed by atoms with Crippen LogP contribution in [0.1, 0.15) is 22.8 Å². The maximum Gasteiger partial charge on any atom is 0.169 e. The maximum absolute atomic E-state index is 5.36. The van der Waals surface area contributed by atoms with Gasteiger partial charge in [0, 0.05) is 93.1 Å². The summed E-state index contributed by atoms with van der Waals surface area (Å²) >= 11 is 0. The van der Waals surface area contributed by atoms with E-state index < -0.39 is 0 Å². The predicted octanol–water partition coefficient (Wildman–Crippen LogP) is 7.19. The molecule has 8 bridgehead atoms. The van der Waals surface area contributed by atoms with Crippen LogP contribution in [0.2, 0.25) is 0 Å². The molecular weight excluding hydrogens is 629 g/mol. The van der Waals surface area contributed by atoms with Gasteiger partial charge in [0.15, 0.2) is 37.2 Å². The molecule has 0 unspecified atom stereocenters. The van der Waals surface area contributed by atoms with E-state index in [-0.39, 0.29) is 0 Å². The number of aromatic amines is 2. The highest BCUT2D eigenvalue weighted by molar-refractivity contribution is 6.00. The highest BCUT2D eigenvalue weighted by atomic mass is 14.9. The molecule has 9 rings (SSSR count). The number of aromatic nitrogens is 8. The van der Waals surface area contributed by atoms with Gasteiger partial charge in [0.2, 0.25) is 0 Å². The zero-order chi connectivity index (χ0) is 34.5. The van der Waals surface area contributed by atoms with Crippen molar-refractivity contribution in [2.24, 2.45) is 21.1 Å². The van der Waals surface area contributed by atoms with E-state index in [2.05, 4.69) is 142 Å². The molecule has 0 saturated carbocycles. The van der Waals surface area contributed by atoms with Crippen LogP contribution in [0.3, 0.4) is 0 Å². The van der Waals surface area contributed by atoms with Crippen molar-refractivity contribution in [2.75, 3.05) is 0 Å². The lowest BCUT2D eigenvalue weighted by atomic mass is 10.0. The maximum atomic E-state index is 5.36. The Bertz CT molecular complexity index is 2680. The Morgan fingerprint density at radius 3 is 1.10 bits per heavy atom. The Kier molecular flexibility index (Phi) is 7.28. The SMILES string of the molecule is C[n+]1ccc(-c2c3nc(c(-c4ccncc4)c4ccc([nH]4)c(-c4cc[n+](C)cc4)c4ccc([nH]4)c(-c4cc[n+](C)cc4)c4nc2C=C4)C=C3)cc1. The molecule has 2 aliphatic rings. The average molecular weight is 664 g/mol. The van der Waals surface area contributed by atoms with Crippen molar-refractivity contribution in [3.05, 3.63) is 145 Å². The van der Waals surface area contributed by atoms with Gasteiger partial charge in [-0.05, 0) is 83.0 Å². The average Bonchev–Trinajstić information content (AvgIpc) is 3.99. The first-order valence-corrected chi connectivity index (χ1v) is 16.9. The molecule has 0 fully saturated rings. The third-order valence-corrected chi connectivity index (χ3v) is 9.52. The van der Waals surface area contributed by atoms with Crippen LogP contribution in [0.15, 0.2) is 122 Å². The van der Waals surface area contributed by atoms with Crippen LogP contribution in [0.5, 0.6) is 0 Å². The van der Waals surface area contributed by atoms with Crippen LogP contribution in [-0.4, -0.2) is 24.9 Å². The van der Waals surface area contributed by atoms with Crippen LogP contribution in [0.4, 0.5) is 0 Å². The van der Waals surface area contributed by atoms with E-state index in [1.807, 2.05) is 54.8 Å². The fourth-order valence-electron chi connectivity index (χ4n) is 6.94. The molecule has 8 heteroatoms. The molecule has 2 N–H and O–H groups in total. The minimum Gasteiger partial charge on any atom is -0.354 e. The van der Waals surface area contributed by atoms with Gasteiger partial charge in [0.1, 0.15) is 21.1 Å². The molecule has 9 heterocycles. The summed E-state index contributed by atoms with van der Waals surface area (Å²) < 4.78 is 6.13. The zero-order valence-corrected chi connectivity index (χ0v) is 28.5. The van der Waals surface area contributed by atoms with E-state index in [4.69, 9.17) is 9.97 Å². The summed E-state index contributed by atoms with van der Waals surface area (Å²) in [6.45, 7) is 0. The minimum absolute atomic E-state index is 0.855. The van der Waals surface area contributed by atoms with Gasteiger partial charge in [-0.2, -0.15) is 0 Å². The molecule has 0 atom stereocenters. The summed E-state index contributed by atoms with van der Waals surface area (Å²) in [5, 5.41) is 0. The Morgan fingerprint density at radius 1 is 0.373 bits per heavy atom. The lowest BCUT2D eigenvalue weighted by Crippen LogP contribution is -2.25. The largest absolute Gasteiger partial charge is 0.354 e. The van der Waals surface area contributed by atoms with Crippen LogP contribution in [0, 0.1) is 0 Å². The van der Waals surface area contributed by atoms with Crippen LogP contribution >= 0.6 is 0 Å². The fraction of sp³-hybridized carbons (Fsp3) is 0.0698. The van der Waals surface area contributed by atoms with E-state index >= 15 is 0 Å². The summed E-state index contributed by atoms with van der Waals surface area (Å²) in [4.78, 5) is 22.7. The molecular formula is C43H35N8+3. The van der Waals surface area contributed by atoms with Crippen molar-refractivity contribution in [2.45, 2.75) is 0 Å². The van der Waals surface area contributed by atoms with Gasteiger partial charge in [-0.15, -0.1) is 0 Å². The Balaban J connectivity index is 1.47. The molecule has 51 heavy (non-hydrogen) atoms. The van der Waals surface area contributed by atoms with Gasteiger partial charge < -0.3 is 9.97 Å². The summed E-state index contributed by atoms with van der Waals surface area (Å²) in [6, 6.07) is 25.6. The van der Waals surface area contributed by atoms with Crippen molar-refractivity contribution < 1.29 is 13.7 Å². The van der Waals surface area contributed by atoms with E-state index in [1.54, 1.807) is 0 Å². The minimum atomic E-state index is 0.855. The standard InChI is InChI=1S/C43H34N8/c1-49-22-14-29(15-23-49)41-34-6-4-32(45-34)40(28-12-20-44-21-13-28)33-5-7-35(46-33)42(30-16-24-50(2)25-17-30)37-9-11-39(48-37)43(38-10-8-36(41)47-38)31-18-26-51(3)27-19-31/h4-27H,1-3H3,(H,45,46,47,48)/q+2/p+1. The monoisotopic (exact) mass is 663 g/mol. The smallest absolute Gasteiger partial charge is 0.169 e. The number of pyridine rings is 4. The third-order valence-electron chi connectivity index (χ3n) is 9.52. The lowest BCUT2D eigenvalue weighted by molar-refractivity contribution is -0.671. The van der Waals surface area contributed by atoms with E-state index in [0.29, 0.717) is 0 Å². The Hall–Kier alpha value is -6.80. The van der Waals surface area contributed by atoms with E-state index in [1.165, 1.54) is 0 Å². The van der Waals surface area contributed by atoms with Gasteiger partial charge >= 0.3 is 0 Å². The first-order valence-electron chi connectivity index (χ1n) is 16.9. The molecule has 7 aromatic rings. The second-order valence-electron chi connectivity index (χ2n) is 13.0. The Morgan fingerprint density at radius 2 is 0.686 bits per heavy atom. The summed E-state index contributed by atoms with van der Waals surface area (Å²) in [5.74, 6) is 0. The van der Waals surface area contributed by atoms with Crippen molar-refractivity contribution in [3.8, 4) is 44.5 Å². The quantitative estimate of drug-likeness (QED) is 0.196. The van der Waals surface area contributed by atoms with Crippen molar-refractivity contribution in [3.63, 3.8) is 0 Å². The van der Waals surface area contributed by atoms with E-state index in [9.17, 15) is 0 Å². The van der Waals surface area contributed by atoms with Gasteiger partial charge in [-0.25, -0.2) is 23.7 Å².